The molecule has 5 nitrogen and oxygen atoms in total. The fourth-order valence-electron chi connectivity index (χ4n) is 1.26. The normalized spacial score (nSPS) is 10.1. The van der Waals surface area contributed by atoms with Gasteiger partial charge < -0.3 is 19.1 Å². The number of ether oxygens (including phenoxy) is 3. The van der Waals surface area contributed by atoms with E-state index >= 15 is 0 Å². The van der Waals surface area contributed by atoms with Gasteiger partial charge >= 0.3 is 6.09 Å². The molecule has 0 spiro atoms. The van der Waals surface area contributed by atoms with Crippen LogP contribution in [0.2, 0.25) is 0 Å². The maximum atomic E-state index is 11.6. The molecule has 0 unspecified atom stereocenters. The third-order valence-electron chi connectivity index (χ3n) is 2.29. The first-order valence-corrected chi connectivity index (χ1v) is 5.72. The smallest absolute Gasteiger partial charge is 0.409 e. The Morgan fingerprint density at radius 1 is 1.28 bits per heavy atom. The van der Waals surface area contributed by atoms with Gasteiger partial charge in [-0.25, -0.2) is 4.79 Å². The molecule has 1 aromatic rings. The van der Waals surface area contributed by atoms with Crippen LogP contribution in [0.25, 0.3) is 0 Å². The van der Waals surface area contributed by atoms with Crippen LogP contribution in [0.4, 0.5) is 4.79 Å². The highest BCUT2D eigenvalue weighted by Crippen LogP contribution is 2.02. The van der Waals surface area contributed by atoms with Crippen LogP contribution in [-0.4, -0.2) is 45.1 Å². The van der Waals surface area contributed by atoms with Gasteiger partial charge in [-0.3, -0.25) is 0 Å². The van der Waals surface area contributed by atoms with Crippen LogP contribution >= 0.6 is 0 Å². The highest BCUT2D eigenvalue weighted by atomic mass is 16.7. The van der Waals surface area contributed by atoms with E-state index in [9.17, 15) is 4.79 Å². The van der Waals surface area contributed by atoms with Crippen LogP contribution in [0.3, 0.4) is 0 Å². The Morgan fingerprint density at radius 3 is 2.67 bits per heavy atom. The lowest BCUT2D eigenvalue weighted by Gasteiger charge is -2.16. The molecule has 0 saturated carbocycles. The van der Waals surface area contributed by atoms with E-state index in [1.54, 1.807) is 14.2 Å². The molecule has 0 aliphatic rings. The summed E-state index contributed by atoms with van der Waals surface area (Å²) < 4.78 is 15.0. The molecular weight excluding hydrogens is 234 g/mol. The van der Waals surface area contributed by atoms with Crippen molar-refractivity contribution in [1.82, 2.24) is 4.90 Å². The fraction of sp³-hybridized carbons (Fsp3) is 0.462. The summed E-state index contributed by atoms with van der Waals surface area (Å²) in [7, 11) is 3.22. The first-order chi connectivity index (χ1) is 8.74. The minimum atomic E-state index is -0.361. The van der Waals surface area contributed by atoms with Crippen molar-refractivity contribution in [2.75, 3.05) is 34.1 Å². The number of hydrogen-bond donors (Lipinski definition) is 0. The number of likely N-dealkylation sites (N-methyl/N-ethyl adjacent to an activating group) is 1. The zero-order valence-electron chi connectivity index (χ0n) is 10.8. The summed E-state index contributed by atoms with van der Waals surface area (Å²) in [5.74, 6) is 0. The molecule has 0 bridgehead atoms. The summed E-state index contributed by atoms with van der Waals surface area (Å²) in [6, 6.07) is 9.56. The molecular formula is C13H19NO4. The predicted molar refractivity (Wildman–Crippen MR) is 67.1 cm³/mol. The minimum absolute atomic E-state index is 0.229. The van der Waals surface area contributed by atoms with Crippen molar-refractivity contribution in [1.29, 1.82) is 0 Å². The zero-order chi connectivity index (χ0) is 13.2. The Labute approximate surface area is 107 Å². The molecule has 0 fully saturated rings. The van der Waals surface area contributed by atoms with Crippen LogP contribution < -0.4 is 0 Å². The van der Waals surface area contributed by atoms with E-state index in [2.05, 4.69) is 0 Å². The maximum absolute atomic E-state index is 11.6. The lowest BCUT2D eigenvalue weighted by Crippen LogP contribution is -2.30. The quantitative estimate of drug-likeness (QED) is 0.550. The van der Waals surface area contributed by atoms with E-state index in [4.69, 9.17) is 14.2 Å². The lowest BCUT2D eigenvalue weighted by molar-refractivity contribution is -0.0350. The van der Waals surface area contributed by atoms with Crippen LogP contribution in [0.1, 0.15) is 5.56 Å². The van der Waals surface area contributed by atoms with Crippen molar-refractivity contribution in [2.45, 2.75) is 6.61 Å². The van der Waals surface area contributed by atoms with Gasteiger partial charge in [0.15, 0.2) is 0 Å². The molecule has 0 heterocycles. The van der Waals surface area contributed by atoms with E-state index in [-0.39, 0.29) is 19.5 Å². The zero-order valence-corrected chi connectivity index (χ0v) is 10.8. The second-order valence-corrected chi connectivity index (χ2v) is 3.78. The molecule has 0 atom stereocenters. The molecule has 1 amide bonds. The highest BCUT2D eigenvalue weighted by Gasteiger charge is 2.09. The van der Waals surface area contributed by atoms with E-state index in [0.29, 0.717) is 13.2 Å². The van der Waals surface area contributed by atoms with Gasteiger partial charge in [-0.15, -0.1) is 0 Å². The van der Waals surface area contributed by atoms with Gasteiger partial charge in [-0.2, -0.15) is 0 Å². The molecule has 5 heteroatoms. The summed E-state index contributed by atoms with van der Waals surface area (Å²) in [4.78, 5) is 13.1. The summed E-state index contributed by atoms with van der Waals surface area (Å²) in [6.45, 7) is 1.40. The summed E-state index contributed by atoms with van der Waals surface area (Å²) in [5, 5.41) is 0. The number of methoxy groups -OCH3 is 1. The van der Waals surface area contributed by atoms with Crippen molar-refractivity contribution in [3.8, 4) is 0 Å². The molecule has 0 saturated heterocycles. The van der Waals surface area contributed by atoms with Gasteiger partial charge in [0.25, 0.3) is 0 Å². The van der Waals surface area contributed by atoms with Gasteiger partial charge in [0.05, 0.1) is 6.61 Å². The van der Waals surface area contributed by atoms with Crippen LogP contribution in [-0.2, 0) is 20.8 Å². The number of carbonyl (C=O) groups is 1. The number of rotatable bonds is 7. The molecule has 1 aromatic carbocycles. The van der Waals surface area contributed by atoms with E-state index < -0.39 is 0 Å². The fourth-order valence-corrected chi connectivity index (χ4v) is 1.26. The standard InChI is InChI=1S/C13H19NO4/c1-14(8-9-17-11-16-2)13(15)18-10-12-6-4-3-5-7-12/h3-7H,8-11H2,1-2H3. The van der Waals surface area contributed by atoms with Crippen LogP contribution in [0, 0.1) is 0 Å². The van der Waals surface area contributed by atoms with Crippen LogP contribution in [0.5, 0.6) is 0 Å². The number of nitrogens with zero attached hydrogens (tertiary/aromatic N) is 1. The van der Waals surface area contributed by atoms with Crippen molar-refractivity contribution in [2.24, 2.45) is 0 Å². The van der Waals surface area contributed by atoms with Gasteiger partial charge in [0.1, 0.15) is 13.4 Å². The molecule has 0 aliphatic heterocycles. The SMILES string of the molecule is COCOCCN(C)C(=O)OCc1ccccc1. The average Bonchev–Trinajstić information content (AvgIpc) is 2.42. The molecule has 18 heavy (non-hydrogen) atoms. The molecule has 0 aromatic heterocycles. The first kappa shape index (κ1) is 14.5. The Kier molecular flexibility index (Phi) is 6.83. The monoisotopic (exact) mass is 253 g/mol. The number of carbonyl (C=O) groups excluding carboxylic acids is 1. The summed E-state index contributed by atoms with van der Waals surface area (Å²) >= 11 is 0. The highest BCUT2D eigenvalue weighted by molar-refractivity contribution is 5.67. The minimum Gasteiger partial charge on any atom is -0.445 e. The first-order valence-electron chi connectivity index (χ1n) is 5.72. The Bertz CT molecular complexity index is 342. The van der Waals surface area contributed by atoms with Crippen molar-refractivity contribution in [3.63, 3.8) is 0 Å². The van der Waals surface area contributed by atoms with E-state index in [1.807, 2.05) is 30.3 Å². The van der Waals surface area contributed by atoms with Gasteiger partial charge in [-0.05, 0) is 5.56 Å². The van der Waals surface area contributed by atoms with Gasteiger partial charge in [0.2, 0.25) is 0 Å². The van der Waals surface area contributed by atoms with Crippen molar-refractivity contribution < 1.29 is 19.0 Å². The van der Waals surface area contributed by atoms with Crippen molar-refractivity contribution >= 4 is 6.09 Å². The lowest BCUT2D eigenvalue weighted by atomic mass is 10.2. The average molecular weight is 253 g/mol. The Hall–Kier alpha value is -1.59. The summed E-state index contributed by atoms with van der Waals surface area (Å²) in [5.41, 5.74) is 0.967. The largest absolute Gasteiger partial charge is 0.445 e. The van der Waals surface area contributed by atoms with Gasteiger partial charge in [-0.1, -0.05) is 30.3 Å². The number of hydrogen-bond acceptors (Lipinski definition) is 4. The van der Waals surface area contributed by atoms with Crippen LogP contribution in [0.15, 0.2) is 30.3 Å². The Morgan fingerprint density at radius 2 is 2.00 bits per heavy atom. The molecule has 0 N–H and O–H groups in total. The molecule has 1 rings (SSSR count). The second kappa shape index (κ2) is 8.49. The number of amides is 1. The second-order valence-electron chi connectivity index (χ2n) is 3.78. The number of benzene rings is 1. The van der Waals surface area contributed by atoms with E-state index in [0.717, 1.165) is 5.56 Å². The predicted octanol–water partition coefficient (Wildman–Crippen LogP) is 1.88. The third kappa shape index (κ3) is 5.65. The maximum Gasteiger partial charge on any atom is 0.409 e. The molecule has 0 radical (unpaired) electrons. The third-order valence-corrected chi connectivity index (χ3v) is 2.29. The molecule has 0 aliphatic carbocycles. The van der Waals surface area contributed by atoms with Crippen molar-refractivity contribution in [3.05, 3.63) is 35.9 Å². The Balaban J connectivity index is 2.19. The topological polar surface area (TPSA) is 48.0 Å². The van der Waals surface area contributed by atoms with Gasteiger partial charge in [0, 0.05) is 20.7 Å². The van der Waals surface area contributed by atoms with E-state index in [1.165, 1.54) is 4.90 Å². The summed E-state index contributed by atoms with van der Waals surface area (Å²) in [6.07, 6.45) is -0.361. The molecule has 100 valence electrons.